The monoisotopic (exact) mass is 821 g/mol. The molecule has 0 heterocycles. The number of hydrogen-bond donors (Lipinski definition) is 1. The van der Waals surface area contributed by atoms with Crippen LogP contribution in [-0.4, -0.2) is 80.6 Å². The molecule has 340 valence electrons. The molecule has 0 aliphatic carbocycles. The molecule has 58 heavy (non-hydrogen) atoms. The van der Waals surface area contributed by atoms with Crippen LogP contribution in [0.25, 0.3) is 0 Å². The van der Waals surface area contributed by atoms with Gasteiger partial charge in [-0.25, -0.2) is 4.79 Å². The highest BCUT2D eigenvalue weighted by atomic mass is 16.6. The van der Waals surface area contributed by atoms with Gasteiger partial charge in [0, 0.05) is 19.3 Å². The molecule has 0 spiro atoms. The second-order valence-corrected chi connectivity index (χ2v) is 17.7. The Morgan fingerprint density at radius 2 is 0.862 bits per heavy atom. The highest BCUT2D eigenvalue weighted by molar-refractivity contribution is 5.72. The molecule has 0 aliphatic heterocycles. The highest BCUT2D eigenvalue weighted by Gasteiger charge is 2.31. The lowest BCUT2D eigenvalue weighted by Gasteiger charge is -2.31. The van der Waals surface area contributed by atoms with Gasteiger partial charge < -0.3 is 23.8 Å². The van der Waals surface area contributed by atoms with Gasteiger partial charge in [0.25, 0.3) is 0 Å². The van der Waals surface area contributed by atoms with E-state index in [1.807, 2.05) is 21.1 Å². The van der Waals surface area contributed by atoms with E-state index in [-0.39, 0.29) is 36.2 Å². The van der Waals surface area contributed by atoms with E-state index in [2.05, 4.69) is 38.2 Å². The van der Waals surface area contributed by atoms with Crippen molar-refractivity contribution in [1.29, 1.82) is 0 Å². The first-order valence-electron chi connectivity index (χ1n) is 24.4. The van der Waals surface area contributed by atoms with Crippen LogP contribution in [0.15, 0.2) is 24.3 Å². The summed E-state index contributed by atoms with van der Waals surface area (Å²) in [5, 5.41) is 9.63. The van der Waals surface area contributed by atoms with E-state index in [1.165, 1.54) is 135 Å². The second-order valence-electron chi connectivity index (χ2n) is 17.7. The number of carbonyl (C=O) groups excluding carboxylic acids is 2. The van der Waals surface area contributed by atoms with Crippen LogP contribution in [0.3, 0.4) is 0 Å². The zero-order valence-corrected chi connectivity index (χ0v) is 38.8. The van der Waals surface area contributed by atoms with Gasteiger partial charge in [-0.3, -0.25) is 9.59 Å². The number of carboxylic acid groups (broad SMARTS) is 1. The molecule has 0 aliphatic rings. The molecule has 0 aromatic carbocycles. The third-order valence-corrected chi connectivity index (χ3v) is 11.1. The fraction of sp³-hybridized carbons (Fsp3) is 0.860. The molecule has 1 N–H and O–H groups in total. The number of nitrogens with zero attached hydrogens (tertiary/aromatic N) is 1. The summed E-state index contributed by atoms with van der Waals surface area (Å²) in [6.45, 7) is 4.74. The maximum atomic E-state index is 12.7. The Balaban J connectivity index is 4.29. The predicted octanol–water partition coefficient (Wildman–Crippen LogP) is 13.6. The van der Waals surface area contributed by atoms with Crippen LogP contribution >= 0.6 is 0 Å². The number of rotatable bonds is 44. The third kappa shape index (κ3) is 39.3. The lowest BCUT2D eigenvalue weighted by molar-refractivity contribution is -0.887. The first kappa shape index (κ1) is 55.8. The Morgan fingerprint density at radius 3 is 1.24 bits per heavy atom. The summed E-state index contributed by atoms with van der Waals surface area (Å²) < 4.78 is 17.3. The molecule has 8 heteroatoms. The Morgan fingerprint density at radius 1 is 0.500 bits per heavy atom. The van der Waals surface area contributed by atoms with Gasteiger partial charge in [-0.05, 0) is 64.2 Å². The van der Waals surface area contributed by atoms with Crippen LogP contribution in [0.4, 0.5) is 0 Å². The number of esters is 2. The van der Waals surface area contributed by atoms with Crippen molar-refractivity contribution < 1.29 is 38.2 Å². The maximum absolute atomic E-state index is 12.7. The Kier molecular flexibility index (Phi) is 40.0. The summed E-state index contributed by atoms with van der Waals surface area (Å²) in [4.78, 5) is 37.1. The van der Waals surface area contributed by atoms with Crippen molar-refractivity contribution in [2.75, 3.05) is 41.0 Å². The Bertz CT molecular complexity index is 1000. The zero-order chi connectivity index (χ0) is 42.8. The zero-order valence-electron chi connectivity index (χ0n) is 38.8. The number of likely N-dealkylation sites (N-methyl/N-ethyl adjacent to an activating group) is 1. The highest BCUT2D eigenvalue weighted by Crippen LogP contribution is 2.15. The number of hydrogen-bond acceptors (Lipinski definition) is 6. The number of aliphatic carboxylic acids is 1. The first-order chi connectivity index (χ1) is 28.1. The van der Waals surface area contributed by atoms with Crippen LogP contribution in [0.5, 0.6) is 0 Å². The molecule has 0 saturated heterocycles. The minimum absolute atomic E-state index is 0.0554. The van der Waals surface area contributed by atoms with Gasteiger partial charge in [0.05, 0.1) is 34.4 Å². The molecule has 0 aromatic heterocycles. The van der Waals surface area contributed by atoms with Crippen molar-refractivity contribution in [2.24, 2.45) is 0 Å². The van der Waals surface area contributed by atoms with Crippen LogP contribution in [0.2, 0.25) is 0 Å². The van der Waals surface area contributed by atoms with Crippen molar-refractivity contribution in [3.63, 3.8) is 0 Å². The number of carbonyl (C=O) groups is 3. The largest absolute Gasteiger partial charge is 0.477 e. The standard InChI is InChI=1S/C50H93NO7/c1-6-8-10-12-14-16-18-20-22-24-25-27-28-30-32-34-36-38-40-48(52)57-45-46(44-56-43-42-47(50(54)55)51(3,4)5)58-49(53)41-39-37-35-33-31-29-26-23-21-19-17-15-13-11-9-7-2/h23,25-27,46-47H,6-22,24,28-45H2,1-5H3/p+1/b26-23+,27-25+. The fourth-order valence-corrected chi connectivity index (χ4v) is 7.26. The lowest BCUT2D eigenvalue weighted by atomic mass is 10.1. The quantitative estimate of drug-likeness (QED) is 0.0283. The minimum atomic E-state index is -0.875. The molecular weight excluding hydrogens is 727 g/mol. The van der Waals surface area contributed by atoms with E-state index in [0.29, 0.717) is 19.3 Å². The molecule has 0 radical (unpaired) electrons. The third-order valence-electron chi connectivity index (χ3n) is 11.1. The molecule has 0 bridgehead atoms. The van der Waals surface area contributed by atoms with Crippen LogP contribution < -0.4 is 0 Å². The minimum Gasteiger partial charge on any atom is -0.477 e. The normalized spacial score (nSPS) is 13.1. The van der Waals surface area contributed by atoms with Crippen molar-refractivity contribution in [2.45, 2.75) is 238 Å². The molecule has 2 unspecified atom stereocenters. The summed E-state index contributed by atoms with van der Waals surface area (Å²) in [5.41, 5.74) is 0. The van der Waals surface area contributed by atoms with E-state index in [9.17, 15) is 19.5 Å². The topological polar surface area (TPSA) is 99.1 Å². The van der Waals surface area contributed by atoms with Crippen molar-refractivity contribution in [3.8, 4) is 0 Å². The molecule has 8 nitrogen and oxygen atoms in total. The molecule has 2 atom stereocenters. The molecule has 0 rings (SSSR count). The molecule has 0 aromatic rings. The summed E-state index contributed by atoms with van der Waals surface area (Å²) in [5.74, 6) is -1.48. The van der Waals surface area contributed by atoms with E-state index < -0.39 is 18.1 Å². The SMILES string of the molecule is CCCCCCCCC/C=C/CCCCCCCC(=O)OC(COCCC(C(=O)O)[N+](C)(C)C)COC(=O)CCCCCCC/C=C/CCCCCCCCCCC. The van der Waals surface area contributed by atoms with Gasteiger partial charge in [0.2, 0.25) is 0 Å². The Hall–Kier alpha value is -2.19. The number of quaternary nitrogens is 1. The summed E-state index contributed by atoms with van der Waals surface area (Å²) in [6.07, 6.45) is 46.5. The smallest absolute Gasteiger partial charge is 0.362 e. The summed E-state index contributed by atoms with van der Waals surface area (Å²) in [7, 11) is 5.53. The van der Waals surface area contributed by atoms with E-state index in [4.69, 9.17) is 14.2 Å². The van der Waals surface area contributed by atoms with Crippen molar-refractivity contribution in [1.82, 2.24) is 0 Å². The van der Waals surface area contributed by atoms with E-state index >= 15 is 0 Å². The van der Waals surface area contributed by atoms with Crippen molar-refractivity contribution in [3.05, 3.63) is 24.3 Å². The van der Waals surface area contributed by atoms with Gasteiger partial charge in [0.1, 0.15) is 6.61 Å². The molecule has 0 fully saturated rings. The Labute approximate surface area is 358 Å². The van der Waals surface area contributed by atoms with E-state index in [1.54, 1.807) is 0 Å². The van der Waals surface area contributed by atoms with E-state index in [0.717, 1.165) is 57.8 Å². The molecule has 0 saturated carbocycles. The number of allylic oxidation sites excluding steroid dienone is 4. The van der Waals surface area contributed by atoms with Crippen LogP contribution in [0, 0.1) is 0 Å². The maximum Gasteiger partial charge on any atom is 0.362 e. The van der Waals surface area contributed by atoms with Gasteiger partial charge in [-0.1, -0.05) is 167 Å². The van der Waals surface area contributed by atoms with Gasteiger partial charge >= 0.3 is 17.9 Å². The lowest BCUT2D eigenvalue weighted by Crippen LogP contribution is -2.50. The average Bonchev–Trinajstić information content (AvgIpc) is 3.18. The molecule has 0 amide bonds. The van der Waals surface area contributed by atoms with Crippen LogP contribution in [-0.2, 0) is 28.6 Å². The number of ether oxygens (including phenoxy) is 3. The van der Waals surface area contributed by atoms with Crippen molar-refractivity contribution >= 4 is 17.9 Å². The summed E-state index contributed by atoms with van der Waals surface area (Å²) in [6, 6.07) is -0.615. The molecular formula is C50H94NO7+. The van der Waals surface area contributed by atoms with Crippen LogP contribution in [0.1, 0.15) is 226 Å². The van der Waals surface area contributed by atoms with Gasteiger partial charge in [-0.2, -0.15) is 0 Å². The number of carboxylic acids is 1. The second kappa shape index (κ2) is 41.5. The van der Waals surface area contributed by atoms with Gasteiger partial charge in [-0.15, -0.1) is 0 Å². The van der Waals surface area contributed by atoms with Gasteiger partial charge in [0.15, 0.2) is 12.1 Å². The first-order valence-corrected chi connectivity index (χ1v) is 24.4. The predicted molar refractivity (Wildman–Crippen MR) is 243 cm³/mol. The number of unbranched alkanes of at least 4 members (excludes halogenated alkanes) is 26. The average molecular weight is 821 g/mol. The summed E-state index contributed by atoms with van der Waals surface area (Å²) >= 11 is 0. The fourth-order valence-electron chi connectivity index (χ4n) is 7.26.